The van der Waals surface area contributed by atoms with E-state index in [1.165, 1.54) is 0 Å². The van der Waals surface area contributed by atoms with E-state index < -0.39 is 6.67 Å². The van der Waals surface area contributed by atoms with Crippen molar-refractivity contribution in [2.24, 2.45) is 0 Å². The number of nitrogens with zero attached hydrogens (tertiary/aromatic N) is 1. The molecular weight excluding hydrogens is 259 g/mol. The highest BCUT2D eigenvalue weighted by Gasteiger charge is 2.28. The maximum atomic E-state index is 13.7. The molecule has 1 heterocycles. The molecule has 4 nitrogen and oxygen atoms in total. The van der Waals surface area contributed by atoms with Crippen molar-refractivity contribution < 1.29 is 13.9 Å². The summed E-state index contributed by atoms with van der Waals surface area (Å²) in [4.78, 5) is 2.15. The third-order valence-electron chi connectivity index (χ3n) is 3.76. The van der Waals surface area contributed by atoms with Crippen molar-refractivity contribution in [3.63, 3.8) is 0 Å². The summed E-state index contributed by atoms with van der Waals surface area (Å²) in [5.41, 5.74) is 1.85. The predicted molar refractivity (Wildman–Crippen MR) is 77.4 cm³/mol. The molecular formula is C15H23FN2O2. The van der Waals surface area contributed by atoms with Crippen LogP contribution in [0, 0.1) is 6.92 Å². The largest absolute Gasteiger partial charge is 0.496 e. The first-order valence-corrected chi connectivity index (χ1v) is 6.94. The van der Waals surface area contributed by atoms with Gasteiger partial charge in [0, 0.05) is 26.2 Å². The highest BCUT2D eigenvalue weighted by molar-refractivity contribution is 5.50. The number of benzene rings is 1. The van der Waals surface area contributed by atoms with Gasteiger partial charge in [0.05, 0.1) is 25.8 Å². The lowest BCUT2D eigenvalue weighted by Crippen LogP contribution is -2.45. The smallest absolute Gasteiger partial charge is 0.127 e. The summed E-state index contributed by atoms with van der Waals surface area (Å²) in [6.07, 6.45) is 0. The standard InChI is InChI=1S/C15H23FN2O2/c1-11-8-13(19-2)15(14(9-11)20-3)12(10-16)18-6-4-17-5-7-18/h8-9,12,17H,4-7,10H2,1-3H3/t12-/m1/s1. The minimum absolute atomic E-state index is 0.317. The molecule has 0 unspecified atom stereocenters. The lowest BCUT2D eigenvalue weighted by Gasteiger charge is -2.34. The second-order valence-electron chi connectivity index (χ2n) is 5.04. The zero-order valence-electron chi connectivity index (χ0n) is 12.4. The maximum absolute atomic E-state index is 13.7. The van der Waals surface area contributed by atoms with Crippen molar-refractivity contribution in [1.29, 1.82) is 0 Å². The molecule has 1 saturated heterocycles. The van der Waals surface area contributed by atoms with Crippen LogP contribution in [0.3, 0.4) is 0 Å². The lowest BCUT2D eigenvalue weighted by molar-refractivity contribution is 0.142. The number of hydrogen-bond donors (Lipinski definition) is 1. The zero-order valence-corrected chi connectivity index (χ0v) is 12.4. The van der Waals surface area contributed by atoms with E-state index in [0.29, 0.717) is 11.5 Å². The molecule has 0 saturated carbocycles. The fraction of sp³-hybridized carbons (Fsp3) is 0.600. The van der Waals surface area contributed by atoms with Crippen LogP contribution in [0.15, 0.2) is 12.1 Å². The summed E-state index contributed by atoms with van der Waals surface area (Å²) >= 11 is 0. The Kier molecular flexibility index (Phi) is 5.20. The Balaban J connectivity index is 2.41. The number of halogens is 1. The van der Waals surface area contributed by atoms with Crippen molar-refractivity contribution >= 4 is 0 Å². The molecule has 0 spiro atoms. The van der Waals surface area contributed by atoms with Gasteiger partial charge in [0.25, 0.3) is 0 Å². The van der Waals surface area contributed by atoms with E-state index >= 15 is 0 Å². The van der Waals surface area contributed by atoms with Crippen LogP contribution in [-0.2, 0) is 0 Å². The van der Waals surface area contributed by atoms with E-state index in [-0.39, 0.29) is 6.04 Å². The maximum Gasteiger partial charge on any atom is 0.127 e. The summed E-state index contributed by atoms with van der Waals surface area (Å²) in [7, 11) is 3.23. The van der Waals surface area contributed by atoms with Gasteiger partial charge in [0.1, 0.15) is 18.2 Å². The normalized spacial score (nSPS) is 17.8. The molecule has 112 valence electrons. The molecule has 1 aliphatic heterocycles. The van der Waals surface area contributed by atoms with Crippen LogP contribution in [-0.4, -0.2) is 52.0 Å². The number of ether oxygens (including phenoxy) is 2. The van der Waals surface area contributed by atoms with E-state index in [4.69, 9.17) is 9.47 Å². The van der Waals surface area contributed by atoms with Gasteiger partial charge in [0.15, 0.2) is 0 Å². The molecule has 1 aromatic rings. The molecule has 1 N–H and O–H groups in total. The molecule has 1 aromatic carbocycles. The van der Waals surface area contributed by atoms with Crippen LogP contribution in [0.4, 0.5) is 4.39 Å². The highest BCUT2D eigenvalue weighted by Crippen LogP contribution is 2.38. The number of aryl methyl sites for hydroxylation is 1. The van der Waals surface area contributed by atoms with Crippen LogP contribution in [0.1, 0.15) is 17.2 Å². The van der Waals surface area contributed by atoms with Gasteiger partial charge < -0.3 is 14.8 Å². The first-order chi connectivity index (χ1) is 9.71. The number of nitrogens with one attached hydrogen (secondary N) is 1. The van der Waals surface area contributed by atoms with Gasteiger partial charge in [-0.1, -0.05) is 0 Å². The van der Waals surface area contributed by atoms with Gasteiger partial charge in [-0.05, 0) is 24.6 Å². The van der Waals surface area contributed by atoms with E-state index in [2.05, 4.69) is 10.2 Å². The van der Waals surface area contributed by atoms with E-state index in [1.807, 2.05) is 19.1 Å². The molecule has 5 heteroatoms. The van der Waals surface area contributed by atoms with E-state index in [9.17, 15) is 4.39 Å². The Morgan fingerprint density at radius 1 is 1.20 bits per heavy atom. The Morgan fingerprint density at radius 2 is 1.75 bits per heavy atom. The third kappa shape index (κ3) is 3.04. The van der Waals surface area contributed by atoms with Gasteiger partial charge in [-0.3, -0.25) is 4.90 Å². The number of methoxy groups -OCH3 is 2. The Morgan fingerprint density at radius 3 is 2.20 bits per heavy atom. The zero-order chi connectivity index (χ0) is 14.5. The Labute approximate surface area is 119 Å². The minimum Gasteiger partial charge on any atom is -0.496 e. The van der Waals surface area contributed by atoms with Crippen molar-refractivity contribution in [2.75, 3.05) is 47.1 Å². The molecule has 20 heavy (non-hydrogen) atoms. The van der Waals surface area contributed by atoms with Gasteiger partial charge in [-0.15, -0.1) is 0 Å². The number of alkyl halides is 1. The van der Waals surface area contributed by atoms with E-state index in [1.54, 1.807) is 14.2 Å². The molecule has 0 aliphatic carbocycles. The summed E-state index contributed by atoms with van der Waals surface area (Å²) in [5, 5.41) is 3.28. The Hall–Kier alpha value is -1.33. The fourth-order valence-electron chi connectivity index (χ4n) is 2.75. The minimum atomic E-state index is -0.449. The molecule has 0 radical (unpaired) electrons. The van der Waals surface area contributed by atoms with Crippen molar-refractivity contribution in [3.8, 4) is 11.5 Å². The Bertz CT molecular complexity index is 422. The van der Waals surface area contributed by atoms with Crippen molar-refractivity contribution in [1.82, 2.24) is 10.2 Å². The molecule has 0 amide bonds. The first kappa shape index (κ1) is 15.1. The van der Waals surface area contributed by atoms with Gasteiger partial charge in [-0.2, -0.15) is 0 Å². The average molecular weight is 282 g/mol. The van der Waals surface area contributed by atoms with Crippen LogP contribution in [0.25, 0.3) is 0 Å². The third-order valence-corrected chi connectivity index (χ3v) is 3.76. The number of rotatable bonds is 5. The highest BCUT2D eigenvalue weighted by atomic mass is 19.1. The second kappa shape index (κ2) is 6.90. The number of piperazine rings is 1. The first-order valence-electron chi connectivity index (χ1n) is 6.94. The van der Waals surface area contributed by atoms with Crippen LogP contribution in [0.2, 0.25) is 0 Å². The molecule has 1 fully saturated rings. The summed E-state index contributed by atoms with van der Waals surface area (Å²) in [6, 6.07) is 3.55. The molecule has 1 atom stereocenters. The van der Waals surface area contributed by atoms with Crippen LogP contribution < -0.4 is 14.8 Å². The van der Waals surface area contributed by atoms with Crippen LogP contribution >= 0.6 is 0 Å². The predicted octanol–water partition coefficient (Wildman–Crippen LogP) is 1.93. The fourth-order valence-corrected chi connectivity index (χ4v) is 2.75. The molecule has 0 bridgehead atoms. The lowest BCUT2D eigenvalue weighted by atomic mass is 10.0. The second-order valence-corrected chi connectivity index (χ2v) is 5.04. The molecule has 1 aliphatic rings. The quantitative estimate of drug-likeness (QED) is 0.895. The summed E-state index contributed by atoms with van der Waals surface area (Å²) in [5.74, 6) is 1.39. The van der Waals surface area contributed by atoms with Gasteiger partial charge in [-0.25, -0.2) is 4.39 Å². The number of hydrogen-bond acceptors (Lipinski definition) is 4. The average Bonchev–Trinajstić information content (AvgIpc) is 2.49. The van der Waals surface area contributed by atoms with Gasteiger partial charge >= 0.3 is 0 Å². The van der Waals surface area contributed by atoms with E-state index in [0.717, 1.165) is 37.3 Å². The van der Waals surface area contributed by atoms with Crippen molar-refractivity contribution in [3.05, 3.63) is 23.3 Å². The summed E-state index contributed by atoms with van der Waals surface area (Å²) in [6.45, 7) is 4.95. The molecule has 2 rings (SSSR count). The molecule has 0 aromatic heterocycles. The van der Waals surface area contributed by atoms with Gasteiger partial charge in [0.2, 0.25) is 0 Å². The topological polar surface area (TPSA) is 33.7 Å². The van der Waals surface area contributed by atoms with Crippen molar-refractivity contribution in [2.45, 2.75) is 13.0 Å². The monoisotopic (exact) mass is 282 g/mol. The SMILES string of the molecule is COc1cc(C)cc(OC)c1[C@@H](CF)N1CCNCC1. The summed E-state index contributed by atoms with van der Waals surface area (Å²) < 4.78 is 24.6. The van der Waals surface area contributed by atoms with Crippen LogP contribution in [0.5, 0.6) is 11.5 Å².